The Balaban J connectivity index is 1.70. The lowest BCUT2D eigenvalue weighted by Crippen LogP contribution is -2.36. The van der Waals surface area contributed by atoms with Crippen LogP contribution < -0.4 is 5.30 Å². The zero-order valence-corrected chi connectivity index (χ0v) is 25.2. The summed E-state index contributed by atoms with van der Waals surface area (Å²) in [5.74, 6) is -0.579. The first-order valence-corrected chi connectivity index (χ1v) is 15.0. The zero-order valence-electron chi connectivity index (χ0n) is 22.8. The van der Waals surface area contributed by atoms with Gasteiger partial charge in [0.2, 0.25) is 5.30 Å². The smallest absolute Gasteiger partial charge is 0.448 e. The summed E-state index contributed by atoms with van der Waals surface area (Å²) in [7, 11) is -1.65. The molecule has 7 nitrogen and oxygen atoms in total. The molecule has 2 heterocycles. The molecule has 208 valence electrons. The fourth-order valence-electron chi connectivity index (χ4n) is 4.47. The highest BCUT2D eigenvalue weighted by Gasteiger charge is 2.55. The van der Waals surface area contributed by atoms with Gasteiger partial charge in [-0.2, -0.15) is 13.9 Å². The molecule has 0 unspecified atom stereocenters. The first kappa shape index (κ1) is 29.9. The maximum Gasteiger partial charge on any atom is 0.448 e. The maximum atomic E-state index is 13.6. The van der Waals surface area contributed by atoms with Crippen molar-refractivity contribution in [2.24, 2.45) is 5.41 Å². The summed E-state index contributed by atoms with van der Waals surface area (Å²) >= 11 is 13.1. The summed E-state index contributed by atoms with van der Waals surface area (Å²) in [6.07, 6.45) is 0. The van der Waals surface area contributed by atoms with E-state index in [0.717, 1.165) is 6.54 Å². The maximum absolute atomic E-state index is 13.6. The standard InChI is InChI=1S/C29H34Cl2N2O5P/c1-19-24(28(34)36-15-14-33(5)16-21-10-7-6-8-11-21)25(22-12-9-13-23(30)26(22)31)27(20(2)32-19)39(35)37-17-29(3,4)18-38-39/h6-13,35H,14-18H2,1-5H3/q+1. The van der Waals surface area contributed by atoms with Crippen LogP contribution in [0.25, 0.3) is 11.1 Å². The highest BCUT2D eigenvalue weighted by molar-refractivity contribution is 7.69. The van der Waals surface area contributed by atoms with Gasteiger partial charge in [-0.1, -0.05) is 79.5 Å². The second kappa shape index (κ2) is 12.2. The molecule has 39 heavy (non-hydrogen) atoms. The van der Waals surface area contributed by atoms with Crippen molar-refractivity contribution in [3.05, 3.63) is 81.1 Å². The second-order valence-electron chi connectivity index (χ2n) is 10.6. The van der Waals surface area contributed by atoms with E-state index in [9.17, 15) is 9.69 Å². The first-order valence-electron chi connectivity index (χ1n) is 12.7. The Morgan fingerprint density at radius 3 is 2.41 bits per heavy atom. The third-order valence-corrected chi connectivity index (χ3v) is 9.39. The topological polar surface area (TPSA) is 81.1 Å². The fraction of sp³-hybridized carbons (Fsp3) is 0.379. The lowest BCUT2D eigenvalue weighted by Gasteiger charge is -2.32. The molecule has 1 saturated heterocycles. The van der Waals surface area contributed by atoms with Crippen LogP contribution in [-0.2, 0) is 20.3 Å². The van der Waals surface area contributed by atoms with Crippen LogP contribution in [0.1, 0.15) is 41.2 Å². The molecule has 0 spiro atoms. The highest BCUT2D eigenvalue weighted by atomic mass is 35.5. The lowest BCUT2D eigenvalue weighted by atomic mass is 9.97. The van der Waals surface area contributed by atoms with E-state index in [-0.39, 0.29) is 35.8 Å². The number of hydrogen-bond acceptors (Lipinski definition) is 7. The van der Waals surface area contributed by atoms with E-state index < -0.39 is 13.9 Å². The number of aryl methyl sites for hydroxylation is 2. The number of ether oxygens (including phenoxy) is 1. The Morgan fingerprint density at radius 1 is 1.08 bits per heavy atom. The van der Waals surface area contributed by atoms with Crippen LogP contribution in [0.4, 0.5) is 0 Å². The molecular formula is C29H34Cl2N2O5P+. The highest BCUT2D eigenvalue weighted by Crippen LogP contribution is 2.62. The summed E-state index contributed by atoms with van der Waals surface area (Å²) in [4.78, 5) is 32.1. The Hall–Kier alpha value is -2.09. The Labute approximate surface area is 240 Å². The van der Waals surface area contributed by atoms with Gasteiger partial charge in [0.15, 0.2) is 0 Å². The number of esters is 1. The van der Waals surface area contributed by atoms with Crippen LogP contribution in [-0.4, -0.2) is 54.2 Å². The predicted octanol–water partition coefficient (Wildman–Crippen LogP) is 6.41. The molecule has 0 amide bonds. The minimum absolute atomic E-state index is 0.161. The predicted molar refractivity (Wildman–Crippen MR) is 157 cm³/mol. The van der Waals surface area contributed by atoms with Crippen LogP contribution in [0.5, 0.6) is 0 Å². The molecule has 3 aromatic rings. The third kappa shape index (κ3) is 6.80. The molecular weight excluding hydrogens is 558 g/mol. The van der Waals surface area contributed by atoms with Gasteiger partial charge in [0.05, 0.1) is 32.6 Å². The second-order valence-corrected chi connectivity index (χ2v) is 13.4. The molecule has 2 aromatic carbocycles. The Bertz CT molecular complexity index is 1340. The van der Waals surface area contributed by atoms with Gasteiger partial charge in [-0.25, -0.2) is 4.79 Å². The number of carbonyl (C=O) groups is 1. The average Bonchev–Trinajstić information content (AvgIpc) is 2.88. The fourth-order valence-corrected chi connectivity index (χ4v) is 7.22. The van der Waals surface area contributed by atoms with E-state index >= 15 is 0 Å². The molecule has 0 saturated carbocycles. The molecule has 0 bridgehead atoms. The van der Waals surface area contributed by atoms with Gasteiger partial charge in [0.1, 0.15) is 19.8 Å². The molecule has 1 aliphatic heterocycles. The van der Waals surface area contributed by atoms with Gasteiger partial charge in [-0.15, -0.1) is 0 Å². The minimum atomic E-state index is -3.62. The largest absolute Gasteiger partial charge is 0.461 e. The third-order valence-electron chi connectivity index (χ3n) is 6.50. The Morgan fingerprint density at radius 2 is 1.74 bits per heavy atom. The number of carbonyl (C=O) groups excluding carboxylic acids is 1. The van der Waals surface area contributed by atoms with E-state index in [4.69, 9.17) is 37.0 Å². The number of benzene rings is 2. The van der Waals surface area contributed by atoms with Crippen molar-refractivity contribution in [2.75, 3.05) is 33.4 Å². The van der Waals surface area contributed by atoms with E-state index in [0.29, 0.717) is 39.4 Å². The van der Waals surface area contributed by atoms with Crippen LogP contribution in [0.3, 0.4) is 0 Å². The summed E-state index contributed by atoms with van der Waals surface area (Å²) < 4.78 is 17.7. The van der Waals surface area contributed by atoms with Gasteiger partial charge >= 0.3 is 13.9 Å². The van der Waals surface area contributed by atoms with Crippen LogP contribution in [0, 0.1) is 19.3 Å². The van der Waals surface area contributed by atoms with Gasteiger partial charge in [-0.05, 0) is 32.5 Å². The first-order chi connectivity index (χ1) is 18.4. The van der Waals surface area contributed by atoms with Crippen molar-refractivity contribution < 1.29 is 23.5 Å². The van der Waals surface area contributed by atoms with Crippen molar-refractivity contribution in [3.63, 3.8) is 0 Å². The summed E-state index contributed by atoms with van der Waals surface area (Å²) in [5, 5.41) is 0.859. The van der Waals surface area contributed by atoms with E-state index in [1.54, 1.807) is 32.0 Å². The molecule has 1 fully saturated rings. The molecule has 0 radical (unpaired) electrons. The SMILES string of the molecule is Cc1nc(C)c([P+]2(O)OCC(C)(C)CO2)c(-c2cccc(Cl)c2Cl)c1C(=O)OCCN(C)Cc1ccccc1. The minimum Gasteiger partial charge on any atom is -0.461 e. The summed E-state index contributed by atoms with van der Waals surface area (Å²) in [6, 6.07) is 15.2. The molecule has 1 aliphatic rings. The number of halogens is 2. The van der Waals surface area contributed by atoms with Crippen LogP contribution in [0.15, 0.2) is 48.5 Å². The van der Waals surface area contributed by atoms with Crippen LogP contribution in [0.2, 0.25) is 10.0 Å². The zero-order chi connectivity index (χ0) is 28.4. The van der Waals surface area contributed by atoms with Gasteiger partial charge in [-0.3, -0.25) is 9.88 Å². The van der Waals surface area contributed by atoms with Gasteiger partial charge in [0.25, 0.3) is 0 Å². The number of rotatable bonds is 8. The molecule has 1 aromatic heterocycles. The normalized spacial score (nSPS) is 16.3. The quantitative estimate of drug-likeness (QED) is 0.239. The number of aromatic nitrogens is 1. The van der Waals surface area contributed by atoms with E-state index in [1.807, 2.05) is 39.1 Å². The number of nitrogens with zero attached hydrogens (tertiary/aromatic N) is 2. The molecule has 0 aliphatic carbocycles. The van der Waals surface area contributed by atoms with Crippen molar-refractivity contribution in [2.45, 2.75) is 34.2 Å². The van der Waals surface area contributed by atoms with E-state index in [2.05, 4.69) is 22.0 Å². The average molecular weight is 592 g/mol. The Kier molecular flexibility index (Phi) is 9.34. The van der Waals surface area contributed by atoms with Crippen LogP contribution >= 0.6 is 31.1 Å². The molecule has 10 heteroatoms. The van der Waals surface area contributed by atoms with Gasteiger partial charge in [0, 0.05) is 24.1 Å². The molecule has 4 rings (SSSR count). The van der Waals surface area contributed by atoms with Crippen molar-refractivity contribution in [1.29, 1.82) is 0 Å². The lowest BCUT2D eigenvalue weighted by molar-refractivity contribution is 0.0312. The number of pyridine rings is 1. The molecule has 1 N–H and O–H groups in total. The summed E-state index contributed by atoms with van der Waals surface area (Å²) in [6.45, 7) is 9.42. The number of hydrogen-bond donors (Lipinski definition) is 1. The van der Waals surface area contributed by atoms with Crippen molar-refractivity contribution in [3.8, 4) is 11.1 Å². The van der Waals surface area contributed by atoms with Crippen molar-refractivity contribution in [1.82, 2.24) is 9.88 Å². The van der Waals surface area contributed by atoms with Gasteiger partial charge < -0.3 is 4.74 Å². The number of likely N-dealkylation sites (N-methyl/N-ethyl adjacent to an activating group) is 1. The monoisotopic (exact) mass is 591 g/mol. The summed E-state index contributed by atoms with van der Waals surface area (Å²) in [5.41, 5.74) is 2.83. The van der Waals surface area contributed by atoms with Crippen molar-refractivity contribution >= 4 is 42.4 Å². The van der Waals surface area contributed by atoms with E-state index in [1.165, 1.54) is 5.56 Å². The molecule has 0 atom stereocenters.